The van der Waals surface area contributed by atoms with E-state index in [4.69, 9.17) is 9.47 Å². The van der Waals surface area contributed by atoms with Crippen molar-refractivity contribution in [3.05, 3.63) is 23.8 Å². The van der Waals surface area contributed by atoms with Crippen LogP contribution in [0.3, 0.4) is 0 Å². The van der Waals surface area contributed by atoms with Crippen LogP contribution in [0.4, 0.5) is 4.79 Å². The number of carbonyl (C=O) groups is 2. The molecule has 2 aliphatic rings. The summed E-state index contributed by atoms with van der Waals surface area (Å²) < 4.78 is 10.8. The Morgan fingerprint density at radius 2 is 1.96 bits per heavy atom. The molecule has 0 spiro atoms. The average Bonchev–Trinajstić information content (AvgIpc) is 3.25. The highest BCUT2D eigenvalue weighted by Crippen LogP contribution is 2.33. The zero-order valence-electron chi connectivity index (χ0n) is 13.8. The van der Waals surface area contributed by atoms with E-state index in [2.05, 4.69) is 15.5 Å². The fourth-order valence-corrected chi connectivity index (χ4v) is 3.27. The fraction of sp³-hybridized carbons (Fsp3) is 0.529. The summed E-state index contributed by atoms with van der Waals surface area (Å²) in [6.45, 7) is 1.09. The van der Waals surface area contributed by atoms with Gasteiger partial charge in [-0.05, 0) is 30.5 Å². The van der Waals surface area contributed by atoms with Gasteiger partial charge in [-0.25, -0.2) is 4.79 Å². The predicted molar refractivity (Wildman–Crippen MR) is 87.8 cm³/mol. The highest BCUT2D eigenvalue weighted by molar-refractivity contribution is 5.95. The minimum Gasteiger partial charge on any atom is -0.454 e. The second-order valence-corrected chi connectivity index (χ2v) is 6.16. The van der Waals surface area contributed by atoms with Gasteiger partial charge in [0.25, 0.3) is 0 Å². The molecule has 1 aromatic carbocycles. The smallest absolute Gasteiger partial charge is 0.321 e. The van der Waals surface area contributed by atoms with Crippen molar-refractivity contribution in [2.24, 2.45) is 0 Å². The first-order valence-corrected chi connectivity index (χ1v) is 8.30. The van der Waals surface area contributed by atoms with E-state index in [-0.39, 0.29) is 19.2 Å². The largest absolute Gasteiger partial charge is 0.454 e. The first kappa shape index (κ1) is 16.6. The number of carbonyl (C=O) groups excluding carboxylic acids is 2. The van der Waals surface area contributed by atoms with E-state index < -0.39 is 6.03 Å². The standard InChI is InChI=1S/C17H23N3O4/c1-18-17(22)19-16(21)10-20(13-4-2-3-5-13)9-12-6-7-14-15(8-12)24-11-23-14/h6-8,13H,2-5,9-11H2,1H3,(H2,18,19,21,22). The van der Waals surface area contributed by atoms with Crippen LogP contribution in [0, 0.1) is 0 Å². The molecule has 3 rings (SSSR count). The van der Waals surface area contributed by atoms with E-state index in [9.17, 15) is 9.59 Å². The Labute approximate surface area is 141 Å². The Bertz CT molecular complexity index is 614. The van der Waals surface area contributed by atoms with E-state index in [0.717, 1.165) is 29.9 Å². The van der Waals surface area contributed by atoms with Gasteiger partial charge in [-0.1, -0.05) is 18.9 Å². The average molecular weight is 333 g/mol. The number of nitrogens with one attached hydrogen (secondary N) is 2. The normalized spacial score (nSPS) is 16.4. The summed E-state index contributed by atoms with van der Waals surface area (Å²) in [6.07, 6.45) is 4.52. The van der Waals surface area contributed by atoms with Gasteiger partial charge in [-0.2, -0.15) is 0 Å². The lowest BCUT2D eigenvalue weighted by Gasteiger charge is -2.28. The summed E-state index contributed by atoms with van der Waals surface area (Å²) in [4.78, 5) is 25.6. The van der Waals surface area contributed by atoms with Gasteiger partial charge >= 0.3 is 6.03 Å². The summed E-state index contributed by atoms with van der Waals surface area (Å²) in [5.74, 6) is 1.21. The number of nitrogens with zero attached hydrogens (tertiary/aromatic N) is 1. The number of amides is 3. The van der Waals surface area contributed by atoms with Crippen LogP contribution in [-0.2, 0) is 11.3 Å². The molecular weight excluding hydrogens is 310 g/mol. The van der Waals surface area contributed by atoms with Crippen molar-refractivity contribution in [2.45, 2.75) is 38.3 Å². The van der Waals surface area contributed by atoms with E-state index in [1.807, 2.05) is 18.2 Å². The van der Waals surface area contributed by atoms with E-state index >= 15 is 0 Å². The summed E-state index contributed by atoms with van der Waals surface area (Å²) in [5, 5.41) is 4.73. The number of imide groups is 1. The monoisotopic (exact) mass is 333 g/mol. The van der Waals surface area contributed by atoms with Crippen molar-refractivity contribution in [1.82, 2.24) is 15.5 Å². The van der Waals surface area contributed by atoms with Gasteiger partial charge in [0.1, 0.15) is 0 Å². The van der Waals surface area contributed by atoms with Crippen LogP contribution in [0.25, 0.3) is 0 Å². The van der Waals surface area contributed by atoms with Gasteiger partial charge in [0.15, 0.2) is 11.5 Å². The lowest BCUT2D eigenvalue weighted by molar-refractivity contribution is -0.121. The van der Waals surface area contributed by atoms with Crippen LogP contribution >= 0.6 is 0 Å². The molecule has 0 bridgehead atoms. The SMILES string of the molecule is CNC(=O)NC(=O)CN(Cc1ccc2c(c1)OCO2)C1CCCC1. The first-order valence-electron chi connectivity index (χ1n) is 8.30. The zero-order valence-corrected chi connectivity index (χ0v) is 13.8. The third-order valence-electron chi connectivity index (χ3n) is 4.49. The van der Waals surface area contributed by atoms with Gasteiger partial charge in [0.2, 0.25) is 12.7 Å². The Balaban J connectivity index is 1.68. The molecule has 7 nitrogen and oxygen atoms in total. The molecule has 0 unspecified atom stereocenters. The summed E-state index contributed by atoms with van der Waals surface area (Å²) >= 11 is 0. The van der Waals surface area contributed by atoms with Crippen LogP contribution < -0.4 is 20.1 Å². The molecule has 1 aliphatic heterocycles. The van der Waals surface area contributed by atoms with Crippen LogP contribution in [0.5, 0.6) is 11.5 Å². The Kier molecular flexibility index (Phi) is 5.20. The maximum Gasteiger partial charge on any atom is 0.321 e. The van der Waals surface area contributed by atoms with Gasteiger partial charge < -0.3 is 14.8 Å². The van der Waals surface area contributed by atoms with Crippen LogP contribution in [-0.4, -0.2) is 43.3 Å². The Morgan fingerprint density at radius 3 is 2.71 bits per heavy atom. The van der Waals surface area contributed by atoms with Crippen molar-refractivity contribution in [1.29, 1.82) is 0 Å². The summed E-state index contributed by atoms with van der Waals surface area (Å²) in [5.41, 5.74) is 1.07. The quantitative estimate of drug-likeness (QED) is 0.856. The number of urea groups is 1. The minimum atomic E-state index is -0.477. The first-order chi connectivity index (χ1) is 11.7. The summed E-state index contributed by atoms with van der Waals surface area (Å²) in [6, 6.07) is 5.74. The predicted octanol–water partition coefficient (Wildman–Crippen LogP) is 1.62. The number of hydrogen-bond acceptors (Lipinski definition) is 5. The van der Waals surface area contributed by atoms with Crippen molar-refractivity contribution in [3.8, 4) is 11.5 Å². The Morgan fingerprint density at radius 1 is 1.21 bits per heavy atom. The van der Waals surface area contributed by atoms with Gasteiger partial charge in [0.05, 0.1) is 6.54 Å². The molecule has 1 heterocycles. The molecule has 0 radical (unpaired) electrons. The number of ether oxygens (including phenoxy) is 2. The molecule has 1 aliphatic carbocycles. The van der Waals surface area contributed by atoms with Crippen molar-refractivity contribution in [2.75, 3.05) is 20.4 Å². The van der Waals surface area contributed by atoms with Gasteiger partial charge in [-0.3, -0.25) is 15.0 Å². The fourth-order valence-electron chi connectivity index (χ4n) is 3.27. The molecule has 1 saturated carbocycles. The molecule has 1 aromatic rings. The van der Waals surface area contributed by atoms with E-state index in [1.54, 1.807) is 0 Å². The summed E-state index contributed by atoms with van der Waals surface area (Å²) in [7, 11) is 1.49. The zero-order chi connectivity index (χ0) is 16.9. The van der Waals surface area contributed by atoms with Crippen LogP contribution in [0.1, 0.15) is 31.2 Å². The number of rotatable bonds is 5. The number of hydrogen-bond donors (Lipinski definition) is 2. The second kappa shape index (κ2) is 7.53. The highest BCUT2D eigenvalue weighted by Gasteiger charge is 2.25. The lowest BCUT2D eigenvalue weighted by Crippen LogP contribution is -2.45. The molecule has 3 amide bonds. The van der Waals surface area contributed by atoms with Crippen molar-refractivity contribution < 1.29 is 19.1 Å². The lowest BCUT2D eigenvalue weighted by atomic mass is 10.1. The number of benzene rings is 1. The molecule has 0 atom stereocenters. The molecule has 130 valence electrons. The topological polar surface area (TPSA) is 79.9 Å². The number of fused-ring (bicyclic) bond motifs is 1. The molecule has 0 saturated heterocycles. The highest BCUT2D eigenvalue weighted by atomic mass is 16.7. The molecule has 24 heavy (non-hydrogen) atoms. The second-order valence-electron chi connectivity index (χ2n) is 6.16. The molecule has 1 fully saturated rings. The van der Waals surface area contributed by atoms with E-state index in [0.29, 0.717) is 12.6 Å². The maximum atomic E-state index is 12.1. The van der Waals surface area contributed by atoms with Crippen molar-refractivity contribution >= 4 is 11.9 Å². The van der Waals surface area contributed by atoms with Gasteiger partial charge in [-0.15, -0.1) is 0 Å². The minimum absolute atomic E-state index is 0.201. The molecule has 2 N–H and O–H groups in total. The third-order valence-corrected chi connectivity index (χ3v) is 4.49. The maximum absolute atomic E-state index is 12.1. The van der Waals surface area contributed by atoms with Crippen LogP contribution in [0.15, 0.2) is 18.2 Å². The Hall–Kier alpha value is -2.28. The molecule has 0 aromatic heterocycles. The van der Waals surface area contributed by atoms with Crippen LogP contribution in [0.2, 0.25) is 0 Å². The molecule has 7 heteroatoms. The van der Waals surface area contributed by atoms with E-state index in [1.165, 1.54) is 19.9 Å². The van der Waals surface area contributed by atoms with Crippen molar-refractivity contribution in [3.63, 3.8) is 0 Å². The molecular formula is C17H23N3O4. The van der Waals surface area contributed by atoms with Gasteiger partial charge in [0, 0.05) is 19.6 Å². The third kappa shape index (κ3) is 3.97.